The Morgan fingerprint density at radius 1 is 1.39 bits per heavy atom. The van der Waals surface area contributed by atoms with Crippen LogP contribution in [0.3, 0.4) is 0 Å². The molecule has 0 N–H and O–H groups in total. The summed E-state index contributed by atoms with van der Waals surface area (Å²) in [7, 11) is -1.08. The molecule has 0 saturated heterocycles. The zero-order valence-corrected chi connectivity index (χ0v) is 12.4. The molecule has 0 spiro atoms. The second-order valence-corrected chi connectivity index (χ2v) is 6.08. The van der Waals surface area contributed by atoms with E-state index in [0.29, 0.717) is 5.16 Å². The predicted octanol–water partition coefficient (Wildman–Crippen LogP) is 2.41. The van der Waals surface area contributed by atoms with Gasteiger partial charge >= 0.3 is 0 Å². The summed E-state index contributed by atoms with van der Waals surface area (Å²) in [6.45, 7) is 0.781. The van der Waals surface area contributed by atoms with Crippen molar-refractivity contribution in [3.63, 3.8) is 0 Å². The molecule has 0 saturated carbocycles. The van der Waals surface area contributed by atoms with Gasteiger partial charge in [-0.3, -0.25) is 4.21 Å². The molecule has 96 valence electrons. The molecule has 0 aliphatic carbocycles. The van der Waals surface area contributed by atoms with Crippen molar-refractivity contribution in [2.75, 3.05) is 6.26 Å². The van der Waals surface area contributed by atoms with Crippen LogP contribution in [0.25, 0.3) is 0 Å². The average Bonchev–Trinajstić information content (AvgIpc) is 2.80. The smallest absolute Gasteiger partial charge is 0.221 e. The monoisotopic (exact) mass is 327 g/mol. The summed E-state index contributed by atoms with van der Waals surface area (Å²) < 4.78 is 14.4. The van der Waals surface area contributed by atoms with Gasteiger partial charge in [0.15, 0.2) is 0 Å². The van der Waals surface area contributed by atoms with Crippen LogP contribution in [0, 0.1) is 0 Å². The second-order valence-electron chi connectivity index (χ2n) is 3.96. The van der Waals surface area contributed by atoms with E-state index in [4.69, 9.17) is 0 Å². The fourth-order valence-electron chi connectivity index (χ4n) is 1.76. The van der Waals surface area contributed by atoms with Gasteiger partial charge in [0.05, 0.1) is 10.8 Å². The third-order valence-electron chi connectivity index (χ3n) is 2.64. The van der Waals surface area contributed by atoms with E-state index in [1.807, 2.05) is 22.8 Å². The third-order valence-corrected chi connectivity index (χ3v) is 4.24. The molecular weight excluding hydrogens is 314 g/mol. The molecule has 2 rings (SSSR count). The van der Waals surface area contributed by atoms with Gasteiger partial charge in [-0.2, -0.15) is 0 Å². The summed E-state index contributed by atoms with van der Waals surface area (Å²) in [6.07, 6.45) is 5.19. The molecule has 0 aliphatic rings. The summed E-state index contributed by atoms with van der Waals surface area (Å²) in [6, 6.07) is 8.19. The van der Waals surface area contributed by atoms with E-state index in [9.17, 15) is 4.21 Å². The zero-order chi connectivity index (χ0) is 13.0. The topological polar surface area (TPSA) is 47.8 Å². The van der Waals surface area contributed by atoms with Gasteiger partial charge in [-0.1, -0.05) is 34.1 Å². The summed E-state index contributed by atoms with van der Waals surface area (Å²) in [5.41, 5.74) is 1.28. The van der Waals surface area contributed by atoms with Crippen LogP contribution in [0.5, 0.6) is 0 Å². The lowest BCUT2D eigenvalue weighted by Crippen LogP contribution is -2.05. The molecule has 4 nitrogen and oxygen atoms in total. The molecule has 1 heterocycles. The maximum Gasteiger partial charge on any atom is 0.221 e. The lowest BCUT2D eigenvalue weighted by atomic mass is 10.1. The molecule has 2 aromatic rings. The maximum atomic E-state index is 11.4. The Labute approximate surface area is 117 Å². The Morgan fingerprint density at radius 2 is 2.17 bits per heavy atom. The number of hydrogen-bond acceptors (Lipinski definition) is 3. The van der Waals surface area contributed by atoms with Crippen molar-refractivity contribution >= 4 is 26.7 Å². The number of aryl methyl sites for hydroxylation is 2. The Kier molecular flexibility index (Phi) is 4.66. The van der Waals surface area contributed by atoms with E-state index in [1.165, 1.54) is 5.56 Å². The van der Waals surface area contributed by atoms with Crippen molar-refractivity contribution in [1.82, 2.24) is 14.8 Å². The molecule has 6 heteroatoms. The quantitative estimate of drug-likeness (QED) is 0.847. The summed E-state index contributed by atoms with van der Waals surface area (Å²) in [5, 5.41) is 8.20. The van der Waals surface area contributed by atoms with Crippen LogP contribution >= 0.6 is 15.9 Å². The largest absolute Gasteiger partial charge is 0.307 e. The van der Waals surface area contributed by atoms with Crippen LogP contribution in [-0.2, 0) is 23.8 Å². The van der Waals surface area contributed by atoms with E-state index in [1.54, 1.807) is 12.6 Å². The fourth-order valence-corrected chi connectivity index (χ4v) is 2.88. The molecule has 1 unspecified atom stereocenters. The molecule has 0 amide bonds. The fraction of sp³-hybridized carbons (Fsp3) is 0.333. The van der Waals surface area contributed by atoms with Gasteiger partial charge in [0.1, 0.15) is 6.33 Å². The van der Waals surface area contributed by atoms with E-state index >= 15 is 0 Å². The Morgan fingerprint density at radius 3 is 2.89 bits per heavy atom. The van der Waals surface area contributed by atoms with E-state index in [-0.39, 0.29) is 0 Å². The van der Waals surface area contributed by atoms with E-state index in [0.717, 1.165) is 23.9 Å². The molecule has 0 fully saturated rings. The minimum absolute atomic E-state index is 0.544. The Hall–Kier alpha value is -1.01. The van der Waals surface area contributed by atoms with Gasteiger partial charge in [-0.05, 0) is 24.5 Å². The molecule has 0 aliphatic heterocycles. The van der Waals surface area contributed by atoms with Crippen LogP contribution in [0.4, 0.5) is 0 Å². The molecule has 1 atom stereocenters. The minimum atomic E-state index is -1.08. The first kappa shape index (κ1) is 13.4. The molecular formula is C12H14BrN3OS. The van der Waals surface area contributed by atoms with Crippen molar-refractivity contribution < 1.29 is 4.21 Å². The standard InChI is InChI=1S/C12H14BrN3OS/c1-18(17)12-15-14-9-16(12)8-4-6-10-5-2-3-7-11(10)13/h2-3,5,7,9H,4,6,8H2,1H3. The number of nitrogens with zero attached hydrogens (tertiary/aromatic N) is 3. The highest BCUT2D eigenvalue weighted by Gasteiger charge is 2.07. The van der Waals surface area contributed by atoms with Crippen molar-refractivity contribution in [2.24, 2.45) is 0 Å². The number of benzene rings is 1. The van der Waals surface area contributed by atoms with Gasteiger partial charge in [0.25, 0.3) is 0 Å². The molecule has 0 bridgehead atoms. The van der Waals surface area contributed by atoms with E-state index < -0.39 is 10.8 Å². The lowest BCUT2D eigenvalue weighted by Gasteiger charge is -2.06. The Bertz CT molecular complexity index is 556. The van der Waals surface area contributed by atoms with Gasteiger partial charge in [0, 0.05) is 17.3 Å². The summed E-state index contributed by atoms with van der Waals surface area (Å²) in [5.74, 6) is 0. The first-order chi connectivity index (χ1) is 8.68. The second kappa shape index (κ2) is 6.24. The number of aromatic nitrogens is 3. The van der Waals surface area contributed by atoms with Crippen LogP contribution in [0.1, 0.15) is 12.0 Å². The highest BCUT2D eigenvalue weighted by atomic mass is 79.9. The van der Waals surface area contributed by atoms with Crippen molar-refractivity contribution in [3.05, 3.63) is 40.6 Å². The van der Waals surface area contributed by atoms with Gasteiger partial charge in [-0.25, -0.2) is 0 Å². The summed E-state index contributed by atoms with van der Waals surface area (Å²) in [4.78, 5) is 0. The molecule has 1 aromatic heterocycles. The van der Waals surface area contributed by atoms with Gasteiger partial charge in [-0.15, -0.1) is 10.2 Å². The highest BCUT2D eigenvalue weighted by Crippen LogP contribution is 2.17. The van der Waals surface area contributed by atoms with Crippen LogP contribution in [0.2, 0.25) is 0 Å². The van der Waals surface area contributed by atoms with E-state index in [2.05, 4.69) is 32.2 Å². The van der Waals surface area contributed by atoms with Crippen molar-refractivity contribution in [1.29, 1.82) is 0 Å². The molecule has 18 heavy (non-hydrogen) atoms. The average molecular weight is 328 g/mol. The Balaban J connectivity index is 1.95. The van der Waals surface area contributed by atoms with Crippen LogP contribution in [0.15, 0.2) is 40.2 Å². The number of halogens is 1. The van der Waals surface area contributed by atoms with Crippen LogP contribution in [-0.4, -0.2) is 25.2 Å². The van der Waals surface area contributed by atoms with Gasteiger partial charge in [0.2, 0.25) is 5.16 Å². The zero-order valence-electron chi connectivity index (χ0n) is 10.0. The van der Waals surface area contributed by atoms with Crippen molar-refractivity contribution in [2.45, 2.75) is 24.5 Å². The normalized spacial score (nSPS) is 12.6. The number of rotatable bonds is 5. The first-order valence-electron chi connectivity index (χ1n) is 5.63. The molecule has 0 radical (unpaired) electrons. The lowest BCUT2D eigenvalue weighted by molar-refractivity contribution is 0.583. The number of hydrogen-bond donors (Lipinski definition) is 0. The first-order valence-corrected chi connectivity index (χ1v) is 7.98. The maximum absolute atomic E-state index is 11.4. The SMILES string of the molecule is CS(=O)c1nncn1CCCc1ccccc1Br. The summed E-state index contributed by atoms with van der Waals surface area (Å²) >= 11 is 3.53. The highest BCUT2D eigenvalue weighted by molar-refractivity contribution is 9.10. The van der Waals surface area contributed by atoms with Gasteiger partial charge < -0.3 is 4.57 Å². The van der Waals surface area contributed by atoms with Crippen molar-refractivity contribution in [3.8, 4) is 0 Å². The predicted molar refractivity (Wildman–Crippen MR) is 74.8 cm³/mol. The van der Waals surface area contributed by atoms with Crippen LogP contribution < -0.4 is 0 Å². The third kappa shape index (κ3) is 3.26. The molecule has 1 aromatic carbocycles. The minimum Gasteiger partial charge on any atom is -0.307 e.